The third kappa shape index (κ3) is 3.88. The largest absolute Gasteiger partial charge is 0.326 e. The first-order chi connectivity index (χ1) is 11.3. The van der Waals surface area contributed by atoms with Crippen molar-refractivity contribution in [1.29, 1.82) is 0 Å². The lowest BCUT2D eigenvalue weighted by molar-refractivity contribution is -0.117. The van der Waals surface area contributed by atoms with E-state index in [-0.39, 0.29) is 16.7 Å². The summed E-state index contributed by atoms with van der Waals surface area (Å²) in [7, 11) is -3.78. The fraction of sp³-hybridized carbons (Fsp3) is 0.235. The first-order valence-corrected chi connectivity index (χ1v) is 9.41. The summed E-state index contributed by atoms with van der Waals surface area (Å²) in [6, 6.07) is 11.3. The number of nitrogens with one attached hydrogen (secondary N) is 2. The third-order valence-electron chi connectivity index (χ3n) is 3.77. The molecule has 3 rings (SSSR count). The molecule has 24 heavy (non-hydrogen) atoms. The Morgan fingerprint density at radius 2 is 1.88 bits per heavy atom. The van der Waals surface area contributed by atoms with Gasteiger partial charge in [0.25, 0.3) is 10.0 Å². The van der Waals surface area contributed by atoms with E-state index in [0.29, 0.717) is 22.0 Å². The zero-order valence-corrected chi connectivity index (χ0v) is 14.6. The van der Waals surface area contributed by atoms with Crippen LogP contribution in [0.2, 0.25) is 5.02 Å². The van der Waals surface area contributed by atoms with Crippen LogP contribution in [0.5, 0.6) is 0 Å². The van der Waals surface area contributed by atoms with E-state index in [0.717, 1.165) is 12.8 Å². The lowest BCUT2D eigenvalue weighted by Crippen LogP contribution is -2.16. The van der Waals surface area contributed by atoms with Gasteiger partial charge in [0.2, 0.25) is 5.91 Å². The number of amides is 1. The van der Waals surface area contributed by atoms with Gasteiger partial charge in [0.15, 0.2) is 0 Å². The van der Waals surface area contributed by atoms with Gasteiger partial charge in [-0.2, -0.15) is 0 Å². The minimum Gasteiger partial charge on any atom is -0.326 e. The highest BCUT2D eigenvalue weighted by molar-refractivity contribution is 7.92. The second kappa shape index (κ2) is 6.45. The van der Waals surface area contributed by atoms with Gasteiger partial charge in [-0.1, -0.05) is 23.7 Å². The normalized spacial score (nSPS) is 14.2. The fourth-order valence-electron chi connectivity index (χ4n) is 2.32. The molecule has 1 saturated carbocycles. The maximum Gasteiger partial charge on any atom is 0.262 e. The van der Waals surface area contributed by atoms with Gasteiger partial charge in [-0.15, -0.1) is 0 Å². The van der Waals surface area contributed by atoms with Crippen LogP contribution in [0.4, 0.5) is 11.4 Å². The van der Waals surface area contributed by atoms with E-state index >= 15 is 0 Å². The number of halogens is 1. The molecule has 126 valence electrons. The highest BCUT2D eigenvalue weighted by Crippen LogP contribution is 2.31. The van der Waals surface area contributed by atoms with Crippen LogP contribution in [-0.4, -0.2) is 14.3 Å². The number of rotatable bonds is 5. The lowest BCUT2D eigenvalue weighted by atomic mass is 10.2. The van der Waals surface area contributed by atoms with E-state index < -0.39 is 10.0 Å². The van der Waals surface area contributed by atoms with Gasteiger partial charge < -0.3 is 5.32 Å². The van der Waals surface area contributed by atoms with Gasteiger partial charge >= 0.3 is 0 Å². The smallest absolute Gasteiger partial charge is 0.262 e. The number of carbonyl (C=O) groups is 1. The summed E-state index contributed by atoms with van der Waals surface area (Å²) in [6.45, 7) is 1.71. The van der Waals surface area contributed by atoms with Crippen LogP contribution in [0.3, 0.4) is 0 Å². The quantitative estimate of drug-likeness (QED) is 0.847. The van der Waals surface area contributed by atoms with Crippen molar-refractivity contribution in [2.24, 2.45) is 5.92 Å². The number of carbonyl (C=O) groups excluding carboxylic acids is 1. The summed E-state index contributed by atoms with van der Waals surface area (Å²) in [5.74, 6) is -0.0130. The van der Waals surface area contributed by atoms with E-state index in [2.05, 4.69) is 10.0 Å². The molecule has 5 nitrogen and oxygen atoms in total. The Hall–Kier alpha value is -2.05. The number of anilines is 2. The molecule has 7 heteroatoms. The predicted octanol–water partition coefficient (Wildman–Crippen LogP) is 3.80. The zero-order chi connectivity index (χ0) is 17.3. The van der Waals surface area contributed by atoms with Gasteiger partial charge in [-0.3, -0.25) is 9.52 Å². The molecule has 2 N–H and O–H groups in total. The number of aryl methyl sites for hydroxylation is 1. The van der Waals surface area contributed by atoms with Crippen LogP contribution in [0.25, 0.3) is 0 Å². The van der Waals surface area contributed by atoms with Crippen LogP contribution >= 0.6 is 11.6 Å². The molecule has 1 fully saturated rings. The third-order valence-corrected chi connectivity index (χ3v) is 5.53. The molecule has 2 aromatic rings. The molecule has 0 atom stereocenters. The van der Waals surface area contributed by atoms with Crippen LogP contribution in [-0.2, 0) is 14.8 Å². The molecule has 0 heterocycles. The van der Waals surface area contributed by atoms with Crippen molar-refractivity contribution in [1.82, 2.24) is 0 Å². The first-order valence-electron chi connectivity index (χ1n) is 7.55. The van der Waals surface area contributed by atoms with E-state index in [1.54, 1.807) is 37.3 Å². The van der Waals surface area contributed by atoms with Crippen LogP contribution in [0.1, 0.15) is 18.4 Å². The maximum atomic E-state index is 12.7. The molecule has 1 aliphatic rings. The molecule has 0 saturated heterocycles. The minimum absolute atomic E-state index is 0.0518. The van der Waals surface area contributed by atoms with Crippen LogP contribution in [0, 0.1) is 12.8 Å². The van der Waals surface area contributed by atoms with Crippen LogP contribution < -0.4 is 10.0 Å². The number of sulfonamides is 1. The second-order valence-corrected chi connectivity index (χ2v) is 7.95. The molecule has 2 aromatic carbocycles. The summed E-state index contributed by atoms with van der Waals surface area (Å²) < 4.78 is 27.8. The summed E-state index contributed by atoms with van der Waals surface area (Å²) in [4.78, 5) is 12.0. The second-order valence-electron chi connectivity index (χ2n) is 5.86. The number of hydrogen-bond donors (Lipinski definition) is 2. The summed E-state index contributed by atoms with van der Waals surface area (Å²) in [5, 5.41) is 3.21. The molecular weight excluding hydrogens is 348 g/mol. The number of hydrogen-bond acceptors (Lipinski definition) is 3. The van der Waals surface area contributed by atoms with Gasteiger partial charge in [0, 0.05) is 16.6 Å². The zero-order valence-electron chi connectivity index (χ0n) is 13.0. The maximum absolute atomic E-state index is 12.7. The Labute approximate surface area is 146 Å². The van der Waals surface area contributed by atoms with Gasteiger partial charge in [-0.25, -0.2) is 8.42 Å². The van der Waals surface area contributed by atoms with Crippen molar-refractivity contribution < 1.29 is 13.2 Å². The minimum atomic E-state index is -3.78. The van der Waals surface area contributed by atoms with Gasteiger partial charge in [0.05, 0.1) is 10.6 Å². The van der Waals surface area contributed by atoms with Gasteiger partial charge in [0.1, 0.15) is 0 Å². The number of benzene rings is 2. The van der Waals surface area contributed by atoms with E-state index in [4.69, 9.17) is 11.6 Å². The summed E-state index contributed by atoms with van der Waals surface area (Å²) in [6.07, 6.45) is 1.78. The van der Waals surface area contributed by atoms with Crippen LogP contribution in [0.15, 0.2) is 47.4 Å². The molecule has 0 spiro atoms. The van der Waals surface area contributed by atoms with E-state index in [9.17, 15) is 13.2 Å². The molecule has 0 radical (unpaired) electrons. The molecule has 0 unspecified atom stereocenters. The average Bonchev–Trinajstić information content (AvgIpc) is 3.33. The van der Waals surface area contributed by atoms with E-state index in [1.165, 1.54) is 12.1 Å². The molecule has 0 bridgehead atoms. The van der Waals surface area contributed by atoms with E-state index in [1.807, 2.05) is 0 Å². The predicted molar refractivity (Wildman–Crippen MR) is 94.8 cm³/mol. The monoisotopic (exact) mass is 364 g/mol. The Kier molecular flexibility index (Phi) is 4.51. The lowest BCUT2D eigenvalue weighted by Gasteiger charge is -2.13. The standard InChI is InChI=1S/C17H17ClN2O3S/c1-11-5-8-14(19-17(21)12-6-7-12)10-16(11)24(22,23)20-15-4-2-3-13(18)9-15/h2-5,8-10,12,20H,6-7H2,1H3,(H,19,21). The Balaban J connectivity index is 1.87. The highest BCUT2D eigenvalue weighted by Gasteiger charge is 2.29. The van der Waals surface area contributed by atoms with Crippen molar-refractivity contribution in [3.8, 4) is 0 Å². The Bertz CT molecular complexity index is 892. The highest BCUT2D eigenvalue weighted by atomic mass is 35.5. The average molecular weight is 365 g/mol. The molecule has 1 aliphatic carbocycles. The molecule has 0 aromatic heterocycles. The summed E-state index contributed by atoms with van der Waals surface area (Å²) >= 11 is 5.89. The van der Waals surface area contributed by atoms with Crippen molar-refractivity contribution in [2.45, 2.75) is 24.7 Å². The van der Waals surface area contributed by atoms with Gasteiger partial charge in [-0.05, 0) is 55.7 Å². The molecule has 1 amide bonds. The molecular formula is C17H17ClN2O3S. The Morgan fingerprint density at radius 1 is 1.12 bits per heavy atom. The SMILES string of the molecule is Cc1ccc(NC(=O)C2CC2)cc1S(=O)(=O)Nc1cccc(Cl)c1. The molecule has 0 aliphatic heterocycles. The van der Waals surface area contributed by atoms with Crippen molar-refractivity contribution >= 4 is 38.9 Å². The first kappa shape index (κ1) is 16.8. The topological polar surface area (TPSA) is 75.3 Å². The van der Waals surface area contributed by atoms with Crippen molar-refractivity contribution in [2.75, 3.05) is 10.0 Å². The van der Waals surface area contributed by atoms with Crippen molar-refractivity contribution in [3.63, 3.8) is 0 Å². The fourth-order valence-corrected chi connectivity index (χ4v) is 3.83. The van der Waals surface area contributed by atoms with Crippen molar-refractivity contribution in [3.05, 3.63) is 53.1 Å². The Morgan fingerprint density at radius 3 is 2.54 bits per heavy atom. The summed E-state index contributed by atoms with van der Waals surface area (Å²) in [5.41, 5.74) is 1.45.